The van der Waals surface area contributed by atoms with Gasteiger partial charge in [-0.15, -0.1) is 0 Å². The number of carbonyl (C=O) groups is 1. The molecule has 1 unspecified atom stereocenters. The molecule has 6 nitrogen and oxygen atoms in total. The maximum Gasteiger partial charge on any atom is 0.416 e. The standard InChI is InChI=1S/C25H29F3N4O2/c26-25(27,28)20-4-1-17(2-5-20)16-31-11-13-32(14-12-31)24(33)23-30-21-6-3-19(15-22(21)34-23)18-7-9-29-10-8-18/h1-6,15,18,23,29-30H,7-14,16H2. The number of piperidine rings is 1. The van der Waals surface area contributed by atoms with Gasteiger partial charge in [-0.05, 0) is 67.2 Å². The average Bonchev–Trinajstić information content (AvgIpc) is 3.28. The van der Waals surface area contributed by atoms with Crippen LogP contribution in [0.25, 0.3) is 0 Å². The Morgan fingerprint density at radius 2 is 1.71 bits per heavy atom. The molecule has 2 saturated heterocycles. The molecule has 3 aliphatic heterocycles. The number of fused-ring (bicyclic) bond motifs is 1. The molecule has 0 saturated carbocycles. The first-order valence-corrected chi connectivity index (χ1v) is 11.8. The van der Waals surface area contributed by atoms with Gasteiger partial charge in [-0.1, -0.05) is 18.2 Å². The molecule has 3 heterocycles. The van der Waals surface area contributed by atoms with Crippen molar-refractivity contribution in [2.24, 2.45) is 0 Å². The highest BCUT2D eigenvalue weighted by atomic mass is 19.4. The van der Waals surface area contributed by atoms with Crippen LogP contribution in [0.5, 0.6) is 5.75 Å². The van der Waals surface area contributed by atoms with Crippen molar-refractivity contribution in [1.29, 1.82) is 0 Å². The Balaban J connectivity index is 1.13. The number of nitrogens with zero attached hydrogens (tertiary/aromatic N) is 2. The molecule has 182 valence electrons. The first kappa shape index (κ1) is 23.0. The summed E-state index contributed by atoms with van der Waals surface area (Å²) >= 11 is 0. The molecule has 5 rings (SSSR count). The van der Waals surface area contributed by atoms with Crippen molar-refractivity contribution in [3.63, 3.8) is 0 Å². The molecule has 0 bridgehead atoms. The van der Waals surface area contributed by atoms with Gasteiger partial charge >= 0.3 is 6.18 Å². The number of carbonyl (C=O) groups excluding carboxylic acids is 1. The third kappa shape index (κ3) is 5.00. The van der Waals surface area contributed by atoms with E-state index in [1.54, 1.807) is 4.90 Å². The molecule has 2 aromatic carbocycles. The summed E-state index contributed by atoms with van der Waals surface area (Å²) in [5, 5.41) is 6.58. The number of hydrogen-bond acceptors (Lipinski definition) is 5. The zero-order chi connectivity index (χ0) is 23.7. The van der Waals surface area contributed by atoms with Crippen LogP contribution in [0.1, 0.15) is 35.4 Å². The molecule has 34 heavy (non-hydrogen) atoms. The zero-order valence-electron chi connectivity index (χ0n) is 18.9. The van der Waals surface area contributed by atoms with Gasteiger partial charge in [0.1, 0.15) is 5.75 Å². The van der Waals surface area contributed by atoms with Gasteiger partial charge in [-0.3, -0.25) is 9.69 Å². The van der Waals surface area contributed by atoms with Crippen LogP contribution in [-0.4, -0.2) is 61.2 Å². The zero-order valence-corrected chi connectivity index (χ0v) is 18.9. The van der Waals surface area contributed by atoms with E-state index < -0.39 is 18.0 Å². The van der Waals surface area contributed by atoms with Crippen molar-refractivity contribution >= 4 is 11.6 Å². The van der Waals surface area contributed by atoms with Gasteiger partial charge in [0, 0.05) is 32.7 Å². The lowest BCUT2D eigenvalue weighted by Crippen LogP contribution is -2.53. The molecule has 1 amide bonds. The molecule has 0 spiro atoms. The van der Waals surface area contributed by atoms with E-state index in [4.69, 9.17) is 4.74 Å². The van der Waals surface area contributed by atoms with Crippen molar-refractivity contribution < 1.29 is 22.7 Å². The van der Waals surface area contributed by atoms with Crippen LogP contribution in [0.15, 0.2) is 42.5 Å². The van der Waals surface area contributed by atoms with Gasteiger partial charge in [0.05, 0.1) is 11.3 Å². The molecule has 2 aromatic rings. The van der Waals surface area contributed by atoms with Crippen LogP contribution in [-0.2, 0) is 17.5 Å². The first-order chi connectivity index (χ1) is 16.4. The van der Waals surface area contributed by atoms with Gasteiger partial charge < -0.3 is 20.3 Å². The van der Waals surface area contributed by atoms with Crippen molar-refractivity contribution in [3.8, 4) is 5.75 Å². The molecule has 0 aromatic heterocycles. The molecule has 9 heteroatoms. The molecule has 2 fully saturated rings. The van der Waals surface area contributed by atoms with Gasteiger partial charge in [0.2, 0.25) is 6.23 Å². The van der Waals surface area contributed by atoms with E-state index in [-0.39, 0.29) is 5.91 Å². The predicted molar refractivity (Wildman–Crippen MR) is 123 cm³/mol. The van der Waals surface area contributed by atoms with E-state index in [0.29, 0.717) is 38.6 Å². The SMILES string of the molecule is O=C(C1Nc2ccc(C3CCNCC3)cc2O1)N1CCN(Cc2ccc(C(F)(F)F)cc2)CC1. The number of nitrogens with one attached hydrogen (secondary N) is 2. The average molecular weight is 475 g/mol. The molecule has 0 aliphatic carbocycles. The van der Waals surface area contributed by atoms with Crippen LogP contribution in [0.4, 0.5) is 18.9 Å². The van der Waals surface area contributed by atoms with Crippen LogP contribution in [0.3, 0.4) is 0 Å². The number of rotatable bonds is 4. The van der Waals surface area contributed by atoms with Gasteiger partial charge in [-0.2, -0.15) is 13.2 Å². The Morgan fingerprint density at radius 3 is 2.38 bits per heavy atom. The number of ether oxygens (including phenoxy) is 1. The maximum absolute atomic E-state index is 13.1. The summed E-state index contributed by atoms with van der Waals surface area (Å²) in [5.41, 5.74) is 2.29. The van der Waals surface area contributed by atoms with Crippen molar-refractivity contribution in [1.82, 2.24) is 15.1 Å². The van der Waals surface area contributed by atoms with Crippen LogP contribution < -0.4 is 15.4 Å². The highest BCUT2D eigenvalue weighted by Gasteiger charge is 2.34. The Labute approximate surface area is 197 Å². The van der Waals surface area contributed by atoms with Gasteiger partial charge in [-0.25, -0.2) is 0 Å². The van der Waals surface area contributed by atoms with E-state index in [2.05, 4.69) is 27.7 Å². The number of anilines is 1. The van der Waals surface area contributed by atoms with E-state index in [0.717, 1.165) is 55.1 Å². The normalized spacial score (nSPS) is 21.6. The third-order valence-electron chi connectivity index (χ3n) is 6.94. The highest BCUT2D eigenvalue weighted by molar-refractivity contribution is 5.86. The molecule has 2 N–H and O–H groups in total. The Hall–Kier alpha value is -2.78. The number of benzene rings is 2. The van der Waals surface area contributed by atoms with E-state index in [1.807, 2.05) is 6.07 Å². The second-order valence-corrected chi connectivity index (χ2v) is 9.22. The van der Waals surface area contributed by atoms with Crippen molar-refractivity contribution in [2.45, 2.75) is 37.7 Å². The summed E-state index contributed by atoms with van der Waals surface area (Å²) in [6.45, 7) is 5.02. The lowest BCUT2D eigenvalue weighted by atomic mass is 9.90. The summed E-state index contributed by atoms with van der Waals surface area (Å²) in [5.74, 6) is 1.16. The van der Waals surface area contributed by atoms with E-state index in [1.165, 1.54) is 17.7 Å². The van der Waals surface area contributed by atoms with Gasteiger partial charge in [0.15, 0.2) is 0 Å². The summed E-state index contributed by atoms with van der Waals surface area (Å²) in [7, 11) is 0. The molecule has 3 aliphatic rings. The summed E-state index contributed by atoms with van der Waals surface area (Å²) < 4.78 is 44.2. The number of alkyl halides is 3. The minimum atomic E-state index is -4.32. The quantitative estimate of drug-likeness (QED) is 0.709. The minimum absolute atomic E-state index is 0.0891. The fourth-order valence-corrected chi connectivity index (χ4v) is 4.92. The molecule has 1 atom stereocenters. The lowest BCUT2D eigenvalue weighted by molar-refractivity contribution is -0.139. The lowest BCUT2D eigenvalue weighted by Gasteiger charge is -2.35. The fraction of sp³-hybridized carbons (Fsp3) is 0.480. The topological polar surface area (TPSA) is 56.8 Å². The van der Waals surface area contributed by atoms with Crippen molar-refractivity contribution in [3.05, 3.63) is 59.2 Å². The number of piperazine rings is 1. The summed E-state index contributed by atoms with van der Waals surface area (Å²) in [6.07, 6.45) is -2.84. The molecular formula is C25H29F3N4O2. The first-order valence-electron chi connectivity index (χ1n) is 11.8. The second-order valence-electron chi connectivity index (χ2n) is 9.22. The highest BCUT2D eigenvalue weighted by Crippen LogP contribution is 2.37. The van der Waals surface area contributed by atoms with Crippen LogP contribution in [0, 0.1) is 0 Å². The number of halogens is 3. The third-order valence-corrected chi connectivity index (χ3v) is 6.94. The smallest absolute Gasteiger partial charge is 0.416 e. The Kier molecular flexibility index (Phi) is 6.40. The minimum Gasteiger partial charge on any atom is -0.459 e. The van der Waals surface area contributed by atoms with Crippen LogP contribution >= 0.6 is 0 Å². The molecular weight excluding hydrogens is 445 g/mol. The fourth-order valence-electron chi connectivity index (χ4n) is 4.92. The second kappa shape index (κ2) is 9.46. The van der Waals surface area contributed by atoms with E-state index >= 15 is 0 Å². The van der Waals surface area contributed by atoms with Crippen molar-refractivity contribution in [2.75, 3.05) is 44.6 Å². The largest absolute Gasteiger partial charge is 0.459 e. The molecule has 0 radical (unpaired) electrons. The van der Waals surface area contributed by atoms with E-state index in [9.17, 15) is 18.0 Å². The van der Waals surface area contributed by atoms with Gasteiger partial charge in [0.25, 0.3) is 5.91 Å². The number of amides is 1. The monoisotopic (exact) mass is 474 g/mol. The predicted octanol–water partition coefficient (Wildman–Crippen LogP) is 3.65. The Morgan fingerprint density at radius 1 is 1.00 bits per heavy atom. The Bertz CT molecular complexity index is 1010. The van der Waals surface area contributed by atoms with Crippen LogP contribution in [0.2, 0.25) is 0 Å². The maximum atomic E-state index is 13.1. The number of hydrogen-bond donors (Lipinski definition) is 2. The summed E-state index contributed by atoms with van der Waals surface area (Å²) in [6, 6.07) is 11.5. The summed E-state index contributed by atoms with van der Waals surface area (Å²) in [4.78, 5) is 17.0.